The first-order chi connectivity index (χ1) is 12.7. The van der Waals surface area contributed by atoms with Crippen molar-refractivity contribution in [2.45, 2.75) is 12.7 Å². The summed E-state index contributed by atoms with van der Waals surface area (Å²) < 4.78 is 1.13. The average Bonchev–Trinajstić information content (AvgIpc) is 2.69. The highest BCUT2D eigenvalue weighted by atomic mass is 79.9. The molecule has 26 heavy (non-hydrogen) atoms. The molecule has 1 atom stereocenters. The van der Waals surface area contributed by atoms with E-state index in [1.165, 1.54) is 11.1 Å². The van der Waals surface area contributed by atoms with Gasteiger partial charge in [-0.3, -0.25) is 4.90 Å². The second-order valence-electron chi connectivity index (χ2n) is 6.40. The van der Waals surface area contributed by atoms with E-state index in [0.717, 1.165) is 35.4 Å². The van der Waals surface area contributed by atoms with Crippen molar-refractivity contribution in [2.24, 2.45) is 4.99 Å². The summed E-state index contributed by atoms with van der Waals surface area (Å²) in [6.07, 6.45) is 10.7. The van der Waals surface area contributed by atoms with E-state index in [-0.39, 0.29) is 6.29 Å². The Labute approximate surface area is 161 Å². The van der Waals surface area contributed by atoms with Gasteiger partial charge in [0.15, 0.2) is 6.29 Å². The van der Waals surface area contributed by atoms with Crippen LogP contribution in [0.2, 0.25) is 0 Å². The van der Waals surface area contributed by atoms with Crippen LogP contribution in [0.3, 0.4) is 0 Å². The van der Waals surface area contributed by atoms with Gasteiger partial charge in [0.2, 0.25) is 0 Å². The van der Waals surface area contributed by atoms with Crippen LogP contribution >= 0.6 is 15.9 Å². The molecule has 1 unspecified atom stereocenters. The third-order valence-corrected chi connectivity index (χ3v) is 5.35. The summed E-state index contributed by atoms with van der Waals surface area (Å²) >= 11 is 3.68. The zero-order chi connectivity index (χ0) is 17.9. The van der Waals surface area contributed by atoms with Gasteiger partial charge in [0.1, 0.15) is 6.33 Å². The lowest BCUT2D eigenvalue weighted by Crippen LogP contribution is -2.47. The number of nitrogens with zero attached hydrogens (tertiary/aromatic N) is 5. The summed E-state index contributed by atoms with van der Waals surface area (Å²) in [5, 5.41) is 0. The van der Waals surface area contributed by atoms with Gasteiger partial charge in [-0.1, -0.05) is 40.2 Å². The quantitative estimate of drug-likeness (QED) is 0.777. The van der Waals surface area contributed by atoms with Crippen LogP contribution in [0.25, 0.3) is 5.57 Å². The largest absolute Gasteiger partial charge is 0.347 e. The molecule has 0 amide bonds. The van der Waals surface area contributed by atoms with Crippen molar-refractivity contribution in [3.63, 3.8) is 0 Å². The maximum Gasteiger partial charge on any atom is 0.179 e. The second-order valence-corrected chi connectivity index (χ2v) is 7.26. The van der Waals surface area contributed by atoms with Crippen LogP contribution in [0.5, 0.6) is 0 Å². The summed E-state index contributed by atoms with van der Waals surface area (Å²) in [6, 6.07) is 10.3. The molecular weight excluding hydrogens is 390 g/mol. The van der Waals surface area contributed by atoms with Crippen LogP contribution in [-0.2, 0) is 0 Å². The summed E-state index contributed by atoms with van der Waals surface area (Å²) in [5.74, 6) is 0. The molecule has 6 heteroatoms. The predicted molar refractivity (Wildman–Crippen MR) is 108 cm³/mol. The molecule has 2 aromatic rings. The van der Waals surface area contributed by atoms with Crippen LogP contribution in [0.1, 0.15) is 17.7 Å². The fraction of sp³-hybridized carbons (Fsp3) is 0.250. The minimum absolute atomic E-state index is 0.0313. The number of aliphatic imine (C=N–C) groups is 1. The molecule has 0 aliphatic carbocycles. The van der Waals surface area contributed by atoms with E-state index in [2.05, 4.69) is 73.2 Å². The molecule has 0 radical (unpaired) electrons. The van der Waals surface area contributed by atoms with Gasteiger partial charge in [-0.25, -0.2) is 15.0 Å². The number of rotatable bonds is 3. The van der Waals surface area contributed by atoms with Gasteiger partial charge < -0.3 is 4.90 Å². The normalized spacial score (nSPS) is 20.7. The van der Waals surface area contributed by atoms with E-state index < -0.39 is 0 Å². The Kier molecular flexibility index (Phi) is 4.95. The van der Waals surface area contributed by atoms with E-state index in [0.29, 0.717) is 0 Å². The SMILES string of the molecule is CN1C=CC(c2ccncn2)=NC1N1CCC=C(c2ccccc2Br)C1. The number of allylic oxidation sites excluding steroid dienone is 1. The van der Waals surface area contributed by atoms with Crippen molar-refractivity contribution in [2.75, 3.05) is 20.1 Å². The Morgan fingerprint density at radius 1 is 1.19 bits per heavy atom. The molecule has 0 fully saturated rings. The Bertz CT molecular complexity index is 875. The van der Waals surface area contributed by atoms with E-state index in [1.807, 2.05) is 18.2 Å². The van der Waals surface area contributed by atoms with Crippen LogP contribution in [0.15, 0.2) is 70.7 Å². The van der Waals surface area contributed by atoms with Gasteiger partial charge >= 0.3 is 0 Å². The standard InChI is InChI=1S/C20H20BrN5/c1-25-12-9-19(18-8-10-22-14-23-18)24-20(25)26-11-4-5-15(13-26)16-6-2-3-7-17(16)21/h2-3,5-10,12,14,20H,4,11,13H2,1H3. The van der Waals surface area contributed by atoms with Crippen molar-refractivity contribution in [3.8, 4) is 0 Å². The molecule has 4 rings (SSSR count). The first-order valence-electron chi connectivity index (χ1n) is 8.65. The topological polar surface area (TPSA) is 44.6 Å². The predicted octanol–water partition coefficient (Wildman–Crippen LogP) is 3.56. The zero-order valence-corrected chi connectivity index (χ0v) is 16.2. The maximum atomic E-state index is 4.96. The summed E-state index contributed by atoms with van der Waals surface area (Å²) in [5.41, 5.74) is 4.34. The molecule has 2 aliphatic heterocycles. The lowest BCUT2D eigenvalue weighted by molar-refractivity contribution is 0.111. The van der Waals surface area contributed by atoms with Gasteiger partial charge in [-0.05, 0) is 35.8 Å². The smallest absolute Gasteiger partial charge is 0.179 e. The van der Waals surface area contributed by atoms with Gasteiger partial charge in [-0.15, -0.1) is 0 Å². The lowest BCUT2D eigenvalue weighted by atomic mass is 10.0. The summed E-state index contributed by atoms with van der Waals surface area (Å²) in [4.78, 5) is 17.8. The molecule has 0 spiro atoms. The fourth-order valence-electron chi connectivity index (χ4n) is 3.34. The summed E-state index contributed by atoms with van der Waals surface area (Å²) in [7, 11) is 2.07. The third kappa shape index (κ3) is 3.48. The van der Waals surface area contributed by atoms with Gasteiger partial charge in [-0.2, -0.15) is 0 Å². The van der Waals surface area contributed by atoms with Crippen molar-refractivity contribution < 1.29 is 0 Å². The molecule has 0 saturated carbocycles. The maximum absolute atomic E-state index is 4.96. The van der Waals surface area contributed by atoms with Gasteiger partial charge in [0.05, 0.1) is 11.4 Å². The van der Waals surface area contributed by atoms with Crippen LogP contribution < -0.4 is 0 Å². The Morgan fingerprint density at radius 2 is 2.08 bits per heavy atom. The van der Waals surface area contributed by atoms with Crippen LogP contribution in [0, 0.1) is 0 Å². The fourth-order valence-corrected chi connectivity index (χ4v) is 3.88. The zero-order valence-electron chi connectivity index (χ0n) is 14.6. The molecule has 0 bridgehead atoms. The van der Waals surface area contributed by atoms with Gasteiger partial charge in [0.25, 0.3) is 0 Å². The molecule has 132 valence electrons. The average molecular weight is 410 g/mol. The highest BCUT2D eigenvalue weighted by Crippen LogP contribution is 2.29. The number of hydrogen-bond donors (Lipinski definition) is 0. The van der Waals surface area contributed by atoms with Crippen molar-refractivity contribution in [1.82, 2.24) is 19.8 Å². The molecular formula is C20H20BrN5. The Hall–Kier alpha value is -2.31. The van der Waals surface area contributed by atoms with E-state index in [4.69, 9.17) is 4.99 Å². The molecule has 0 saturated heterocycles. The minimum atomic E-state index is -0.0313. The second kappa shape index (κ2) is 7.51. The highest BCUT2D eigenvalue weighted by molar-refractivity contribution is 9.10. The third-order valence-electron chi connectivity index (χ3n) is 4.66. The first kappa shape index (κ1) is 17.1. The number of benzene rings is 1. The van der Waals surface area contributed by atoms with Crippen molar-refractivity contribution >= 4 is 27.2 Å². The Balaban J connectivity index is 1.59. The van der Waals surface area contributed by atoms with Crippen molar-refractivity contribution in [3.05, 3.63) is 76.9 Å². The Morgan fingerprint density at radius 3 is 2.88 bits per heavy atom. The lowest BCUT2D eigenvalue weighted by Gasteiger charge is -2.38. The summed E-state index contributed by atoms with van der Waals surface area (Å²) in [6.45, 7) is 1.85. The first-order valence-corrected chi connectivity index (χ1v) is 9.44. The van der Waals surface area contributed by atoms with Crippen LogP contribution in [-0.4, -0.2) is 51.9 Å². The van der Waals surface area contributed by atoms with E-state index in [1.54, 1.807) is 12.5 Å². The minimum Gasteiger partial charge on any atom is -0.347 e. The van der Waals surface area contributed by atoms with E-state index in [9.17, 15) is 0 Å². The van der Waals surface area contributed by atoms with Crippen molar-refractivity contribution in [1.29, 1.82) is 0 Å². The van der Waals surface area contributed by atoms with Gasteiger partial charge in [0, 0.05) is 37.0 Å². The van der Waals surface area contributed by atoms with Crippen LogP contribution in [0.4, 0.5) is 0 Å². The number of hydrogen-bond acceptors (Lipinski definition) is 5. The number of halogens is 1. The molecule has 3 heterocycles. The molecule has 1 aromatic carbocycles. The molecule has 2 aliphatic rings. The molecule has 0 N–H and O–H groups in total. The monoisotopic (exact) mass is 409 g/mol. The molecule has 1 aromatic heterocycles. The van der Waals surface area contributed by atoms with E-state index >= 15 is 0 Å². The molecule has 5 nitrogen and oxygen atoms in total. The highest BCUT2D eigenvalue weighted by Gasteiger charge is 2.26. The number of aromatic nitrogens is 2.